The first-order valence-electron chi connectivity index (χ1n) is 5.20. The molecule has 5 heteroatoms. The first-order valence-corrected chi connectivity index (χ1v) is 5.99. The van der Waals surface area contributed by atoms with Crippen molar-refractivity contribution in [1.29, 1.82) is 0 Å². The molecule has 0 saturated heterocycles. The Morgan fingerprint density at radius 2 is 1.94 bits per heavy atom. The molecular weight excluding hydrogens is 296 g/mol. The van der Waals surface area contributed by atoms with E-state index in [1.54, 1.807) is 0 Å². The number of hydrogen-bond donors (Lipinski definition) is 1. The zero-order valence-corrected chi connectivity index (χ0v) is 10.9. The van der Waals surface area contributed by atoms with Gasteiger partial charge in [-0.15, -0.1) is 0 Å². The third-order valence-electron chi connectivity index (χ3n) is 2.22. The molecule has 0 aliphatic carbocycles. The zero-order chi connectivity index (χ0) is 13.0. The van der Waals surface area contributed by atoms with Gasteiger partial charge in [0, 0.05) is 11.8 Å². The summed E-state index contributed by atoms with van der Waals surface area (Å²) < 4.78 is 1.64. The van der Waals surface area contributed by atoms with Gasteiger partial charge in [-0.05, 0) is 28.1 Å². The molecule has 1 aromatic carbocycles. The first kappa shape index (κ1) is 12.4. The maximum Gasteiger partial charge on any atom is 0.329 e. The minimum atomic E-state index is -0.467. The highest BCUT2D eigenvalue weighted by Crippen LogP contribution is 1.98. The van der Waals surface area contributed by atoms with Crippen molar-refractivity contribution in [3.05, 3.63) is 67.4 Å². The number of aromatic nitrogens is 2. The van der Waals surface area contributed by atoms with Crippen molar-refractivity contribution < 1.29 is 0 Å². The molecule has 0 saturated carbocycles. The van der Waals surface area contributed by atoms with E-state index < -0.39 is 11.2 Å². The molecule has 90 valence electrons. The van der Waals surface area contributed by atoms with Gasteiger partial charge >= 0.3 is 5.69 Å². The number of hydrogen-bond acceptors (Lipinski definition) is 2. The molecule has 0 aliphatic rings. The predicted molar refractivity (Wildman–Crippen MR) is 72.3 cm³/mol. The highest BCUT2D eigenvalue weighted by Gasteiger charge is 1.99. The van der Waals surface area contributed by atoms with Gasteiger partial charge in [0.15, 0.2) is 0 Å². The summed E-state index contributed by atoms with van der Waals surface area (Å²) in [6, 6.07) is 9.48. The summed E-state index contributed by atoms with van der Waals surface area (Å²) in [7, 11) is 0. The predicted octanol–water partition coefficient (Wildman–Crippen LogP) is 1.35. The Hall–Kier alpha value is -2.06. The highest BCUT2D eigenvalue weighted by atomic mass is 79.9. The fourth-order valence-corrected chi connectivity index (χ4v) is 1.69. The largest absolute Gasteiger partial charge is 0.329 e. The third kappa shape index (κ3) is 2.99. The molecular formula is C13H9BrN2O2. The van der Waals surface area contributed by atoms with Crippen molar-refractivity contribution in [1.82, 2.24) is 9.55 Å². The maximum absolute atomic E-state index is 11.5. The molecule has 0 bridgehead atoms. The van der Waals surface area contributed by atoms with Crippen molar-refractivity contribution in [2.24, 2.45) is 0 Å². The van der Waals surface area contributed by atoms with Crippen LogP contribution in [0.25, 0.3) is 0 Å². The first-order chi connectivity index (χ1) is 8.66. The molecule has 18 heavy (non-hydrogen) atoms. The lowest BCUT2D eigenvalue weighted by atomic mass is 10.2. The van der Waals surface area contributed by atoms with Crippen LogP contribution in [0.3, 0.4) is 0 Å². The molecule has 1 aromatic heterocycles. The van der Waals surface area contributed by atoms with Crippen LogP contribution in [0, 0.1) is 11.8 Å². The number of rotatable bonds is 1. The van der Waals surface area contributed by atoms with E-state index in [0.717, 1.165) is 5.56 Å². The quantitative estimate of drug-likeness (QED) is 0.809. The summed E-state index contributed by atoms with van der Waals surface area (Å²) in [5.41, 5.74) is -0.0214. The monoisotopic (exact) mass is 304 g/mol. The lowest BCUT2D eigenvalue weighted by Gasteiger charge is -1.99. The Morgan fingerprint density at radius 3 is 2.67 bits per heavy atom. The Morgan fingerprint density at radius 1 is 1.22 bits per heavy atom. The molecule has 0 unspecified atom stereocenters. The number of nitrogens with one attached hydrogen (secondary N) is 1. The number of nitrogens with zero attached hydrogens (tertiary/aromatic N) is 1. The lowest BCUT2D eigenvalue weighted by Crippen LogP contribution is -2.29. The summed E-state index contributed by atoms with van der Waals surface area (Å²) in [5.74, 6) is 5.81. The molecule has 0 radical (unpaired) electrons. The van der Waals surface area contributed by atoms with Crippen LogP contribution in [0.15, 0.2) is 50.6 Å². The Labute approximate surface area is 111 Å². The summed E-state index contributed by atoms with van der Waals surface area (Å²) in [4.78, 5) is 24.8. The summed E-state index contributed by atoms with van der Waals surface area (Å²) in [6.45, 7) is 0.225. The Balaban J connectivity index is 2.22. The summed E-state index contributed by atoms with van der Waals surface area (Å²) in [6.07, 6.45) is 1.43. The van der Waals surface area contributed by atoms with Crippen LogP contribution in [0.4, 0.5) is 0 Å². The van der Waals surface area contributed by atoms with Gasteiger partial charge in [-0.2, -0.15) is 0 Å². The van der Waals surface area contributed by atoms with E-state index in [4.69, 9.17) is 0 Å². The van der Waals surface area contributed by atoms with Crippen molar-refractivity contribution in [2.45, 2.75) is 6.54 Å². The van der Waals surface area contributed by atoms with E-state index in [1.807, 2.05) is 30.3 Å². The van der Waals surface area contributed by atoms with Gasteiger partial charge in [-0.25, -0.2) is 4.79 Å². The van der Waals surface area contributed by atoms with Crippen molar-refractivity contribution in [3.8, 4) is 11.8 Å². The number of halogens is 1. The molecule has 1 N–H and O–H groups in total. The highest BCUT2D eigenvalue weighted by molar-refractivity contribution is 9.10. The van der Waals surface area contributed by atoms with E-state index in [9.17, 15) is 9.59 Å². The Bertz CT molecular complexity index is 720. The summed E-state index contributed by atoms with van der Waals surface area (Å²) in [5, 5.41) is 0. The molecule has 4 nitrogen and oxygen atoms in total. The number of benzene rings is 1. The molecule has 2 rings (SSSR count). The van der Waals surface area contributed by atoms with Crippen LogP contribution in [-0.2, 0) is 6.54 Å². The van der Waals surface area contributed by atoms with Gasteiger partial charge in [0.25, 0.3) is 5.56 Å². The Kier molecular flexibility index (Phi) is 3.80. The van der Waals surface area contributed by atoms with E-state index in [1.165, 1.54) is 10.8 Å². The summed E-state index contributed by atoms with van der Waals surface area (Å²) >= 11 is 3.07. The lowest BCUT2D eigenvalue weighted by molar-refractivity contribution is 0.744. The van der Waals surface area contributed by atoms with E-state index >= 15 is 0 Å². The van der Waals surface area contributed by atoms with Gasteiger partial charge in [-0.3, -0.25) is 14.3 Å². The van der Waals surface area contributed by atoms with Gasteiger partial charge in [0.05, 0.1) is 11.0 Å². The number of H-pyrrole nitrogens is 1. The second-order valence-electron chi connectivity index (χ2n) is 3.53. The SMILES string of the molecule is O=c1[nH]c(=O)n(CC#Cc2ccccc2)cc1Br. The molecule has 0 spiro atoms. The van der Waals surface area contributed by atoms with Gasteiger partial charge in [0.1, 0.15) is 0 Å². The average Bonchev–Trinajstić information content (AvgIpc) is 2.37. The van der Waals surface area contributed by atoms with Gasteiger partial charge in [-0.1, -0.05) is 30.0 Å². The normalized spacial score (nSPS) is 9.61. The third-order valence-corrected chi connectivity index (χ3v) is 2.79. The van der Waals surface area contributed by atoms with Crippen LogP contribution in [0.1, 0.15) is 5.56 Å². The van der Waals surface area contributed by atoms with Crippen molar-refractivity contribution in [2.75, 3.05) is 0 Å². The fourth-order valence-electron chi connectivity index (χ4n) is 1.35. The van der Waals surface area contributed by atoms with Crippen LogP contribution in [0.2, 0.25) is 0 Å². The standard InChI is InChI=1S/C13H9BrN2O2/c14-11-9-16(13(18)15-12(11)17)8-4-7-10-5-2-1-3-6-10/h1-3,5-6,9H,8H2,(H,15,17,18). The van der Waals surface area contributed by atoms with E-state index in [-0.39, 0.29) is 6.54 Å². The molecule has 0 fully saturated rings. The van der Waals surface area contributed by atoms with Gasteiger partial charge in [0.2, 0.25) is 0 Å². The smallest absolute Gasteiger partial charge is 0.288 e. The minimum absolute atomic E-state index is 0.225. The van der Waals surface area contributed by atoms with Crippen LogP contribution < -0.4 is 11.2 Å². The molecule has 1 heterocycles. The van der Waals surface area contributed by atoms with E-state index in [0.29, 0.717) is 4.47 Å². The molecule has 0 amide bonds. The molecule has 2 aromatic rings. The van der Waals surface area contributed by atoms with Crippen LogP contribution >= 0.6 is 15.9 Å². The fraction of sp³-hybridized carbons (Fsp3) is 0.0769. The van der Waals surface area contributed by atoms with Crippen LogP contribution in [0.5, 0.6) is 0 Å². The zero-order valence-electron chi connectivity index (χ0n) is 9.31. The average molecular weight is 305 g/mol. The maximum atomic E-state index is 11.5. The second kappa shape index (κ2) is 5.52. The molecule has 0 atom stereocenters. The molecule has 0 aliphatic heterocycles. The van der Waals surface area contributed by atoms with Crippen LogP contribution in [-0.4, -0.2) is 9.55 Å². The topological polar surface area (TPSA) is 54.9 Å². The van der Waals surface area contributed by atoms with Crippen molar-refractivity contribution in [3.63, 3.8) is 0 Å². The second-order valence-corrected chi connectivity index (χ2v) is 4.39. The number of aromatic amines is 1. The van der Waals surface area contributed by atoms with Crippen molar-refractivity contribution >= 4 is 15.9 Å². The van der Waals surface area contributed by atoms with Gasteiger partial charge < -0.3 is 0 Å². The minimum Gasteiger partial charge on any atom is -0.288 e. The van der Waals surface area contributed by atoms with E-state index in [2.05, 4.69) is 32.8 Å².